The molecule has 8 heteroatoms. The molecule has 21 heavy (non-hydrogen) atoms. The third kappa shape index (κ3) is 2.96. The Kier molecular flexibility index (Phi) is 3.85. The molecule has 0 bridgehead atoms. The summed E-state index contributed by atoms with van der Waals surface area (Å²) in [5.41, 5.74) is 5.91. The van der Waals surface area contributed by atoms with Gasteiger partial charge in [0.1, 0.15) is 4.90 Å². The van der Waals surface area contributed by atoms with Gasteiger partial charge in [0.15, 0.2) is 0 Å². The lowest BCUT2D eigenvalue weighted by atomic mass is 9.89. The smallest absolute Gasteiger partial charge is 0.240 e. The second-order valence-corrected chi connectivity index (χ2v) is 7.11. The Morgan fingerprint density at radius 1 is 1.43 bits per heavy atom. The number of nitrogens with one attached hydrogen (secondary N) is 1. The maximum atomic E-state index is 11.9. The summed E-state index contributed by atoms with van der Waals surface area (Å²) in [7, 11) is -2.29. The molecular formula is C13H20N4O3S. The third-order valence-corrected chi connectivity index (χ3v) is 4.82. The van der Waals surface area contributed by atoms with Crippen molar-refractivity contribution in [2.45, 2.75) is 18.2 Å². The van der Waals surface area contributed by atoms with E-state index in [4.69, 9.17) is 10.9 Å². The van der Waals surface area contributed by atoms with Crippen LogP contribution in [0.5, 0.6) is 0 Å². The van der Waals surface area contributed by atoms with Gasteiger partial charge in [0.05, 0.1) is 11.1 Å². The molecule has 1 atom stereocenters. The zero-order chi connectivity index (χ0) is 15.8. The van der Waals surface area contributed by atoms with Crippen molar-refractivity contribution in [3.8, 4) is 0 Å². The summed E-state index contributed by atoms with van der Waals surface area (Å²) in [4.78, 5) is 13.8. The van der Waals surface area contributed by atoms with Crippen molar-refractivity contribution in [2.75, 3.05) is 30.8 Å². The minimum absolute atomic E-state index is 0.0105. The summed E-state index contributed by atoms with van der Waals surface area (Å²) in [5, 5.41) is 7.90. The summed E-state index contributed by atoms with van der Waals surface area (Å²) < 4.78 is 23.5. The van der Waals surface area contributed by atoms with Gasteiger partial charge in [-0.05, 0) is 31.5 Å². The van der Waals surface area contributed by atoms with Crippen molar-refractivity contribution in [3.05, 3.63) is 18.2 Å². The fourth-order valence-electron chi connectivity index (χ4n) is 2.67. The monoisotopic (exact) mass is 312 g/mol. The van der Waals surface area contributed by atoms with Crippen molar-refractivity contribution in [1.29, 1.82) is 0 Å². The first-order chi connectivity index (χ1) is 9.67. The number of sulfonamides is 1. The molecule has 0 spiro atoms. The number of nitrogen functional groups attached to an aromatic ring is 1. The summed E-state index contributed by atoms with van der Waals surface area (Å²) in [6, 6.07) is 4.60. The number of rotatable bonds is 3. The first-order valence-electron chi connectivity index (χ1n) is 6.57. The minimum Gasteiger partial charge on any atom is -0.399 e. The quantitative estimate of drug-likeness (QED) is 0.672. The molecule has 2 rings (SSSR count). The fraction of sp³-hybridized carbons (Fsp3) is 0.462. The second-order valence-electron chi connectivity index (χ2n) is 5.58. The molecule has 1 amide bonds. The molecule has 1 saturated heterocycles. The van der Waals surface area contributed by atoms with Gasteiger partial charge in [-0.1, -0.05) is 0 Å². The number of nitrogens with two attached hydrogens (primary N) is 2. The fourth-order valence-corrected chi connectivity index (χ4v) is 3.46. The molecule has 1 aliphatic heterocycles. The van der Waals surface area contributed by atoms with E-state index in [1.165, 1.54) is 6.07 Å². The van der Waals surface area contributed by atoms with Crippen LogP contribution < -0.4 is 21.1 Å². The number of benzene rings is 1. The van der Waals surface area contributed by atoms with Crippen LogP contribution in [0.25, 0.3) is 0 Å². The van der Waals surface area contributed by atoms with Gasteiger partial charge in [-0.2, -0.15) is 0 Å². The van der Waals surface area contributed by atoms with Crippen molar-refractivity contribution in [3.63, 3.8) is 0 Å². The van der Waals surface area contributed by atoms with Gasteiger partial charge < -0.3 is 16.0 Å². The van der Waals surface area contributed by atoms with Crippen LogP contribution in [0.2, 0.25) is 0 Å². The SMILES string of the molecule is CNC(=O)C1(C)CCN(c2ccc(N)cc2S(N)(=O)=O)C1. The highest BCUT2D eigenvalue weighted by Crippen LogP contribution is 2.36. The van der Waals surface area contributed by atoms with E-state index in [1.807, 2.05) is 11.8 Å². The normalized spacial score (nSPS) is 22.3. The average Bonchev–Trinajstić information content (AvgIpc) is 2.80. The zero-order valence-corrected chi connectivity index (χ0v) is 12.9. The number of hydrogen-bond donors (Lipinski definition) is 3. The van der Waals surface area contributed by atoms with Crippen LogP contribution in [-0.2, 0) is 14.8 Å². The van der Waals surface area contributed by atoms with E-state index in [-0.39, 0.29) is 10.8 Å². The van der Waals surface area contributed by atoms with Crippen molar-refractivity contribution in [2.24, 2.45) is 10.6 Å². The van der Waals surface area contributed by atoms with E-state index < -0.39 is 15.4 Å². The molecule has 0 saturated carbocycles. The molecule has 1 heterocycles. The van der Waals surface area contributed by atoms with Crippen LogP contribution in [0.1, 0.15) is 13.3 Å². The Balaban J connectivity index is 2.39. The van der Waals surface area contributed by atoms with Gasteiger partial charge in [-0.15, -0.1) is 0 Å². The third-order valence-electron chi connectivity index (χ3n) is 3.88. The van der Waals surface area contributed by atoms with Gasteiger partial charge in [0, 0.05) is 25.8 Å². The van der Waals surface area contributed by atoms with Gasteiger partial charge in [-0.3, -0.25) is 4.79 Å². The molecule has 1 aliphatic rings. The number of primary sulfonamides is 1. The Bertz CT molecular complexity index is 674. The second kappa shape index (κ2) is 5.19. The number of carbonyl (C=O) groups excluding carboxylic acids is 1. The molecule has 1 fully saturated rings. The Morgan fingerprint density at radius 2 is 2.10 bits per heavy atom. The van der Waals surface area contributed by atoms with Crippen LogP contribution in [0, 0.1) is 5.41 Å². The molecule has 0 aromatic heterocycles. The molecule has 0 aliphatic carbocycles. The zero-order valence-electron chi connectivity index (χ0n) is 12.1. The van der Waals surface area contributed by atoms with Gasteiger partial charge in [0.2, 0.25) is 15.9 Å². The van der Waals surface area contributed by atoms with E-state index in [1.54, 1.807) is 19.2 Å². The van der Waals surface area contributed by atoms with E-state index in [0.717, 1.165) is 0 Å². The Labute approximate surface area is 124 Å². The summed E-state index contributed by atoms with van der Waals surface area (Å²) >= 11 is 0. The van der Waals surface area contributed by atoms with Crippen LogP contribution in [-0.4, -0.2) is 34.5 Å². The van der Waals surface area contributed by atoms with Crippen LogP contribution in [0.3, 0.4) is 0 Å². The minimum atomic E-state index is -3.88. The first kappa shape index (κ1) is 15.6. The molecule has 1 aromatic carbocycles. The Hall–Kier alpha value is -1.80. The number of amides is 1. The Morgan fingerprint density at radius 3 is 2.67 bits per heavy atom. The molecule has 0 radical (unpaired) electrons. The highest BCUT2D eigenvalue weighted by atomic mass is 32.2. The summed E-state index contributed by atoms with van der Waals surface area (Å²) in [6.45, 7) is 2.87. The predicted molar refractivity (Wildman–Crippen MR) is 81.2 cm³/mol. The lowest BCUT2D eigenvalue weighted by molar-refractivity contribution is -0.128. The average molecular weight is 312 g/mol. The molecule has 116 valence electrons. The predicted octanol–water partition coefficient (Wildman–Crippen LogP) is -0.121. The molecular weight excluding hydrogens is 292 g/mol. The molecule has 5 N–H and O–H groups in total. The maximum absolute atomic E-state index is 11.9. The van der Waals surface area contributed by atoms with E-state index >= 15 is 0 Å². The van der Waals surface area contributed by atoms with Gasteiger partial charge >= 0.3 is 0 Å². The van der Waals surface area contributed by atoms with Crippen molar-refractivity contribution >= 4 is 27.3 Å². The number of anilines is 2. The number of nitrogens with zero attached hydrogens (tertiary/aromatic N) is 1. The molecule has 1 unspecified atom stereocenters. The van der Waals surface area contributed by atoms with Crippen LogP contribution in [0.4, 0.5) is 11.4 Å². The summed E-state index contributed by atoms with van der Waals surface area (Å²) in [6.07, 6.45) is 0.640. The van der Waals surface area contributed by atoms with Gasteiger partial charge in [-0.25, -0.2) is 13.6 Å². The van der Waals surface area contributed by atoms with Crippen LogP contribution in [0.15, 0.2) is 23.1 Å². The van der Waals surface area contributed by atoms with E-state index in [2.05, 4.69) is 5.32 Å². The molecule has 1 aromatic rings. The van der Waals surface area contributed by atoms with Crippen molar-refractivity contribution in [1.82, 2.24) is 5.32 Å². The van der Waals surface area contributed by atoms with Crippen molar-refractivity contribution < 1.29 is 13.2 Å². The van der Waals surface area contributed by atoms with Crippen LogP contribution >= 0.6 is 0 Å². The molecule has 7 nitrogen and oxygen atoms in total. The van der Waals surface area contributed by atoms with Gasteiger partial charge in [0.25, 0.3) is 0 Å². The van der Waals surface area contributed by atoms with E-state index in [9.17, 15) is 13.2 Å². The number of hydrogen-bond acceptors (Lipinski definition) is 5. The highest BCUT2D eigenvalue weighted by Gasteiger charge is 2.40. The standard InChI is InChI=1S/C13H20N4O3S/c1-13(12(18)16-2)5-6-17(8-13)10-4-3-9(14)7-11(10)21(15,19)20/h3-4,7H,5-6,8,14H2,1-2H3,(H,16,18)(H2,15,19,20). The van der Waals surface area contributed by atoms with E-state index in [0.29, 0.717) is 30.9 Å². The summed E-state index contributed by atoms with van der Waals surface area (Å²) in [5.74, 6) is -0.0578. The lowest BCUT2D eigenvalue weighted by Crippen LogP contribution is -2.39. The first-order valence-corrected chi connectivity index (χ1v) is 8.11. The number of carbonyl (C=O) groups is 1. The lowest BCUT2D eigenvalue weighted by Gasteiger charge is -2.25. The highest BCUT2D eigenvalue weighted by molar-refractivity contribution is 7.89. The largest absolute Gasteiger partial charge is 0.399 e. The maximum Gasteiger partial charge on any atom is 0.240 e. The topological polar surface area (TPSA) is 119 Å².